The molecule has 0 amide bonds. The molecule has 0 spiro atoms. The number of aliphatic hydroxyl groups excluding tert-OH is 1. The van der Waals surface area contributed by atoms with Gasteiger partial charge < -0.3 is 19.5 Å². The van der Waals surface area contributed by atoms with E-state index in [1.165, 1.54) is 19.2 Å². The summed E-state index contributed by atoms with van der Waals surface area (Å²) in [6.45, 7) is 2.31. The number of rotatable bonds is 9. The summed E-state index contributed by atoms with van der Waals surface area (Å²) >= 11 is 0. The van der Waals surface area contributed by atoms with E-state index in [1.807, 2.05) is 17.1 Å². The Balaban J connectivity index is 1.63. The third-order valence-corrected chi connectivity index (χ3v) is 5.98. The van der Waals surface area contributed by atoms with Gasteiger partial charge >= 0.3 is 5.97 Å². The average molecular weight is 490 g/mol. The fourth-order valence-electron chi connectivity index (χ4n) is 3.97. The summed E-state index contributed by atoms with van der Waals surface area (Å²) in [7, 11) is 1.59. The van der Waals surface area contributed by atoms with Gasteiger partial charge in [-0.2, -0.15) is 0 Å². The number of unbranched alkanes of at least 4 members (excludes halogenated alkanes) is 1. The number of Topliss-reactive ketones (excluding diaryl/α,β-unsaturated/α-hetero) is 1. The quantitative estimate of drug-likeness (QED) is 0.322. The summed E-state index contributed by atoms with van der Waals surface area (Å²) in [6, 6.07) is 7.03. The van der Waals surface area contributed by atoms with E-state index in [0.717, 1.165) is 5.70 Å². The number of fused-ring (bicyclic) bond motifs is 2. The van der Waals surface area contributed by atoms with Crippen LogP contribution in [0.3, 0.4) is 0 Å². The number of para-hydroxylation sites is 2. The number of esters is 1. The molecule has 36 heavy (non-hydrogen) atoms. The van der Waals surface area contributed by atoms with E-state index in [1.54, 1.807) is 43.7 Å². The van der Waals surface area contributed by atoms with Gasteiger partial charge in [-0.3, -0.25) is 14.6 Å². The predicted octanol–water partition coefficient (Wildman–Crippen LogP) is 2.68. The van der Waals surface area contributed by atoms with Crippen molar-refractivity contribution in [3.63, 3.8) is 0 Å². The van der Waals surface area contributed by atoms with Gasteiger partial charge in [0.1, 0.15) is 0 Å². The number of hydrogen-bond acceptors (Lipinski definition) is 9. The number of nitrogens with zero attached hydrogens (tertiary/aromatic N) is 3. The number of carbonyl (C=O) groups is 3. The number of ether oxygens (including phenoxy) is 2. The standard InChI is InChI=1S/C27H27N3O6/c1-27(36-26(34)23-16-28-21-9-3-4-10-22(21)29-23)24(32)15-18-14-19(8-7-13-35-2)30(11-5-6-12-31)17-20(18)25(27)33/h3-4,7-10,14-17,31H,5-6,11-13H2,1-2H3/b8-7+. The van der Waals surface area contributed by atoms with Crippen LogP contribution in [0.2, 0.25) is 0 Å². The lowest BCUT2D eigenvalue weighted by Gasteiger charge is -2.34. The highest BCUT2D eigenvalue weighted by atomic mass is 16.6. The molecule has 2 aliphatic rings. The molecule has 1 unspecified atom stereocenters. The van der Waals surface area contributed by atoms with E-state index >= 15 is 0 Å². The van der Waals surface area contributed by atoms with Crippen LogP contribution in [0.1, 0.15) is 30.3 Å². The Morgan fingerprint density at radius 3 is 2.69 bits per heavy atom. The first kappa shape index (κ1) is 25.2. The van der Waals surface area contributed by atoms with E-state index in [4.69, 9.17) is 14.6 Å². The van der Waals surface area contributed by atoms with Crippen LogP contribution in [0.4, 0.5) is 0 Å². The third-order valence-electron chi connectivity index (χ3n) is 5.98. The second-order valence-corrected chi connectivity index (χ2v) is 8.55. The molecule has 0 bridgehead atoms. The summed E-state index contributed by atoms with van der Waals surface area (Å²) < 4.78 is 10.6. The Morgan fingerprint density at radius 1 is 1.17 bits per heavy atom. The highest BCUT2D eigenvalue weighted by molar-refractivity contribution is 6.26. The van der Waals surface area contributed by atoms with Gasteiger partial charge in [0.05, 0.1) is 23.8 Å². The fraction of sp³-hybridized carbons (Fsp3) is 0.296. The first-order chi connectivity index (χ1) is 17.4. The van der Waals surface area contributed by atoms with Crippen LogP contribution in [0.5, 0.6) is 0 Å². The van der Waals surface area contributed by atoms with Gasteiger partial charge in [0.2, 0.25) is 17.2 Å². The predicted molar refractivity (Wildman–Crippen MR) is 132 cm³/mol. The highest BCUT2D eigenvalue weighted by Crippen LogP contribution is 2.35. The first-order valence-corrected chi connectivity index (χ1v) is 11.6. The molecule has 0 saturated carbocycles. The number of aliphatic hydroxyl groups is 1. The minimum Gasteiger partial charge on any atom is -0.438 e. The van der Waals surface area contributed by atoms with Gasteiger partial charge in [-0.05, 0) is 55.7 Å². The summed E-state index contributed by atoms with van der Waals surface area (Å²) in [5.41, 5.74) is 0.448. The molecule has 186 valence electrons. The molecule has 1 aromatic heterocycles. The normalized spacial score (nSPS) is 19.8. The van der Waals surface area contributed by atoms with Crippen LogP contribution >= 0.6 is 0 Å². The molecule has 1 aromatic carbocycles. The smallest absolute Gasteiger partial charge is 0.360 e. The zero-order valence-electron chi connectivity index (χ0n) is 20.1. The fourth-order valence-corrected chi connectivity index (χ4v) is 3.97. The van der Waals surface area contributed by atoms with Crippen molar-refractivity contribution in [3.8, 4) is 0 Å². The number of benzene rings is 1. The lowest BCUT2D eigenvalue weighted by Crippen LogP contribution is -2.51. The number of allylic oxidation sites excluding steroid dienone is 3. The van der Waals surface area contributed by atoms with Crippen LogP contribution in [0, 0.1) is 0 Å². The largest absolute Gasteiger partial charge is 0.438 e. The topological polar surface area (TPSA) is 119 Å². The minimum absolute atomic E-state index is 0.0627. The van der Waals surface area contributed by atoms with Gasteiger partial charge in [0.25, 0.3) is 0 Å². The first-order valence-electron chi connectivity index (χ1n) is 11.6. The molecule has 9 nitrogen and oxygen atoms in total. The van der Waals surface area contributed by atoms with Crippen molar-refractivity contribution < 1.29 is 29.0 Å². The molecule has 0 saturated heterocycles. The Morgan fingerprint density at radius 2 is 1.94 bits per heavy atom. The van der Waals surface area contributed by atoms with Gasteiger partial charge in [0, 0.05) is 37.7 Å². The van der Waals surface area contributed by atoms with E-state index < -0.39 is 23.1 Å². The van der Waals surface area contributed by atoms with Crippen molar-refractivity contribution in [2.45, 2.75) is 25.4 Å². The maximum absolute atomic E-state index is 13.5. The van der Waals surface area contributed by atoms with Crippen LogP contribution in [-0.2, 0) is 19.1 Å². The summed E-state index contributed by atoms with van der Waals surface area (Å²) in [5.74, 6) is -2.16. The van der Waals surface area contributed by atoms with Crippen molar-refractivity contribution in [1.82, 2.24) is 14.9 Å². The number of ketones is 2. The molecule has 1 N–H and O–H groups in total. The molecular formula is C27H27N3O6. The summed E-state index contributed by atoms with van der Waals surface area (Å²) in [5, 5.41) is 9.16. The van der Waals surface area contributed by atoms with E-state index in [-0.39, 0.29) is 17.9 Å². The van der Waals surface area contributed by atoms with Crippen molar-refractivity contribution in [1.29, 1.82) is 0 Å². The van der Waals surface area contributed by atoms with Crippen molar-refractivity contribution in [2.24, 2.45) is 0 Å². The van der Waals surface area contributed by atoms with Gasteiger partial charge in [-0.1, -0.05) is 18.2 Å². The Hall–Kier alpha value is -3.95. The monoisotopic (exact) mass is 489 g/mol. The van der Waals surface area contributed by atoms with Crippen molar-refractivity contribution in [3.05, 3.63) is 83.5 Å². The Labute approximate surface area is 208 Å². The molecular weight excluding hydrogens is 462 g/mol. The molecule has 9 heteroatoms. The number of carbonyl (C=O) groups excluding carboxylic acids is 3. The van der Waals surface area contributed by atoms with Crippen LogP contribution in [0.25, 0.3) is 11.0 Å². The molecule has 1 aliphatic carbocycles. The molecule has 2 aromatic rings. The maximum atomic E-state index is 13.5. The van der Waals surface area contributed by atoms with Crippen molar-refractivity contribution >= 4 is 28.6 Å². The average Bonchev–Trinajstić information content (AvgIpc) is 2.88. The number of methoxy groups -OCH3 is 1. The molecule has 2 heterocycles. The van der Waals surface area contributed by atoms with Crippen LogP contribution in [-0.4, -0.2) is 70.0 Å². The highest BCUT2D eigenvalue weighted by Gasteiger charge is 2.49. The lowest BCUT2D eigenvalue weighted by atomic mass is 9.79. The SMILES string of the molecule is COC/C=C/C1=CC2=CC(=O)C(C)(OC(=O)c3cnc4ccccc4n3)C(=O)C2=CN1CCCCO. The van der Waals surface area contributed by atoms with E-state index in [2.05, 4.69) is 9.97 Å². The molecule has 1 aliphatic heterocycles. The zero-order chi connectivity index (χ0) is 25.7. The second kappa shape index (κ2) is 10.8. The van der Waals surface area contributed by atoms with Crippen LogP contribution < -0.4 is 0 Å². The zero-order valence-corrected chi connectivity index (χ0v) is 20.1. The maximum Gasteiger partial charge on any atom is 0.360 e. The third kappa shape index (κ3) is 5.02. The Bertz CT molecular complexity index is 1330. The van der Waals surface area contributed by atoms with Gasteiger partial charge in [-0.25, -0.2) is 9.78 Å². The van der Waals surface area contributed by atoms with Crippen LogP contribution in [0.15, 0.2) is 77.8 Å². The van der Waals surface area contributed by atoms with E-state index in [0.29, 0.717) is 42.6 Å². The lowest BCUT2D eigenvalue weighted by molar-refractivity contribution is -0.145. The molecule has 4 rings (SSSR count). The second-order valence-electron chi connectivity index (χ2n) is 8.55. The number of aromatic nitrogens is 2. The summed E-state index contributed by atoms with van der Waals surface area (Å²) in [6.07, 6.45) is 10.9. The van der Waals surface area contributed by atoms with Crippen molar-refractivity contribution in [2.75, 3.05) is 26.9 Å². The van der Waals surface area contributed by atoms with Gasteiger partial charge in [-0.15, -0.1) is 0 Å². The Kier molecular flexibility index (Phi) is 7.52. The summed E-state index contributed by atoms with van der Waals surface area (Å²) in [4.78, 5) is 49.9. The molecule has 0 fully saturated rings. The van der Waals surface area contributed by atoms with Gasteiger partial charge in [0.15, 0.2) is 5.69 Å². The minimum atomic E-state index is -2.03. The van der Waals surface area contributed by atoms with E-state index in [9.17, 15) is 14.4 Å². The number of hydrogen-bond donors (Lipinski definition) is 1. The molecule has 1 atom stereocenters. The molecule has 0 radical (unpaired) electrons.